The third kappa shape index (κ3) is 2.84. The molecular formula is C12H19NO3. The molecule has 0 aliphatic carbocycles. The first kappa shape index (κ1) is 12.7. The van der Waals surface area contributed by atoms with Crippen LogP contribution in [-0.4, -0.2) is 29.9 Å². The van der Waals surface area contributed by atoms with Crippen LogP contribution in [0.2, 0.25) is 0 Å². The Labute approximate surface area is 96.0 Å². The molecule has 16 heavy (non-hydrogen) atoms. The predicted molar refractivity (Wildman–Crippen MR) is 62.7 cm³/mol. The number of carbonyl (C=O) groups excluding carboxylic acids is 1. The molecule has 0 aromatic carbocycles. The first-order chi connectivity index (χ1) is 7.60. The van der Waals surface area contributed by atoms with E-state index in [1.54, 1.807) is 6.92 Å². The molecule has 90 valence electrons. The minimum atomic E-state index is -0.507. The van der Waals surface area contributed by atoms with Crippen molar-refractivity contribution in [2.75, 3.05) is 7.11 Å². The van der Waals surface area contributed by atoms with Crippen molar-refractivity contribution in [2.24, 2.45) is 4.99 Å². The van der Waals surface area contributed by atoms with E-state index < -0.39 is 5.97 Å². The Balaban J connectivity index is 2.77. The number of dihydropyridines is 1. The largest absolute Gasteiger partial charge is 0.511 e. The molecule has 0 fully saturated rings. The van der Waals surface area contributed by atoms with Gasteiger partial charge in [0.05, 0.1) is 13.2 Å². The first-order valence-electron chi connectivity index (χ1n) is 5.65. The molecule has 0 amide bonds. The van der Waals surface area contributed by atoms with Crippen LogP contribution in [0, 0.1) is 0 Å². The van der Waals surface area contributed by atoms with Gasteiger partial charge in [-0.2, -0.15) is 0 Å². The van der Waals surface area contributed by atoms with Crippen LogP contribution in [0.25, 0.3) is 0 Å². The fourth-order valence-electron chi connectivity index (χ4n) is 1.89. The van der Waals surface area contributed by atoms with E-state index >= 15 is 0 Å². The van der Waals surface area contributed by atoms with Crippen molar-refractivity contribution in [1.29, 1.82) is 0 Å². The van der Waals surface area contributed by atoms with Crippen molar-refractivity contribution in [3.05, 3.63) is 11.3 Å². The van der Waals surface area contributed by atoms with Gasteiger partial charge in [0.15, 0.2) is 0 Å². The molecule has 0 bridgehead atoms. The van der Waals surface area contributed by atoms with Gasteiger partial charge in [0.25, 0.3) is 0 Å². The number of rotatable bonds is 4. The molecule has 0 aromatic rings. The van der Waals surface area contributed by atoms with Gasteiger partial charge in [0, 0.05) is 12.1 Å². The molecule has 1 atom stereocenters. The van der Waals surface area contributed by atoms with Gasteiger partial charge < -0.3 is 9.84 Å². The lowest BCUT2D eigenvalue weighted by Crippen LogP contribution is -2.23. The molecule has 0 saturated carbocycles. The van der Waals surface area contributed by atoms with E-state index in [2.05, 4.69) is 16.7 Å². The smallest absolute Gasteiger partial charge is 0.343 e. The summed E-state index contributed by atoms with van der Waals surface area (Å²) in [4.78, 5) is 15.8. The Kier molecular flexibility index (Phi) is 4.52. The van der Waals surface area contributed by atoms with E-state index in [0.717, 1.165) is 19.3 Å². The summed E-state index contributed by atoms with van der Waals surface area (Å²) in [5, 5.41) is 9.81. The van der Waals surface area contributed by atoms with Crippen molar-refractivity contribution in [2.45, 2.75) is 45.6 Å². The zero-order chi connectivity index (χ0) is 12.1. The number of unbranched alkanes of at least 4 members (excludes halogenated alkanes) is 1. The van der Waals surface area contributed by atoms with Gasteiger partial charge in [-0.25, -0.2) is 4.79 Å². The van der Waals surface area contributed by atoms with Crippen LogP contribution in [0.5, 0.6) is 0 Å². The van der Waals surface area contributed by atoms with E-state index in [0.29, 0.717) is 12.1 Å². The molecule has 1 rings (SSSR count). The zero-order valence-electron chi connectivity index (χ0n) is 10.1. The predicted octanol–water partition coefficient (Wildman–Crippen LogP) is 2.39. The van der Waals surface area contributed by atoms with Crippen LogP contribution in [-0.2, 0) is 9.53 Å². The van der Waals surface area contributed by atoms with Crippen LogP contribution in [0.4, 0.5) is 0 Å². The summed E-state index contributed by atoms with van der Waals surface area (Å²) >= 11 is 0. The lowest BCUT2D eigenvalue weighted by Gasteiger charge is -2.20. The monoisotopic (exact) mass is 225 g/mol. The highest BCUT2D eigenvalue weighted by molar-refractivity contribution is 6.19. The van der Waals surface area contributed by atoms with E-state index in [4.69, 9.17) is 0 Å². The van der Waals surface area contributed by atoms with E-state index in [1.165, 1.54) is 7.11 Å². The quantitative estimate of drug-likeness (QED) is 0.747. The van der Waals surface area contributed by atoms with Crippen LogP contribution in [0.1, 0.15) is 39.5 Å². The SMILES string of the molecule is CCCCC1CC(O)=C(C(=O)OC)C(C)=N1. The Morgan fingerprint density at radius 2 is 2.31 bits per heavy atom. The highest BCUT2D eigenvalue weighted by atomic mass is 16.5. The van der Waals surface area contributed by atoms with Crippen LogP contribution >= 0.6 is 0 Å². The number of hydrogen-bond acceptors (Lipinski definition) is 4. The highest BCUT2D eigenvalue weighted by Crippen LogP contribution is 2.23. The van der Waals surface area contributed by atoms with Crippen molar-refractivity contribution in [1.82, 2.24) is 0 Å². The van der Waals surface area contributed by atoms with Crippen LogP contribution in [0.15, 0.2) is 16.3 Å². The lowest BCUT2D eigenvalue weighted by atomic mass is 9.97. The van der Waals surface area contributed by atoms with E-state index in [9.17, 15) is 9.90 Å². The number of hydrogen-bond donors (Lipinski definition) is 1. The van der Waals surface area contributed by atoms with Gasteiger partial charge in [-0.3, -0.25) is 4.99 Å². The summed E-state index contributed by atoms with van der Waals surface area (Å²) in [6.07, 6.45) is 3.59. The summed E-state index contributed by atoms with van der Waals surface area (Å²) in [5.74, 6) is -0.395. The van der Waals surface area contributed by atoms with Gasteiger partial charge in [-0.1, -0.05) is 19.8 Å². The van der Waals surface area contributed by atoms with E-state index in [1.807, 2.05) is 0 Å². The Hall–Kier alpha value is -1.32. The Morgan fingerprint density at radius 3 is 2.81 bits per heavy atom. The Bertz CT molecular complexity index is 331. The van der Waals surface area contributed by atoms with Crippen LogP contribution < -0.4 is 0 Å². The molecule has 1 heterocycles. The first-order valence-corrected chi connectivity index (χ1v) is 5.65. The second kappa shape index (κ2) is 5.68. The number of aliphatic hydroxyl groups is 1. The number of nitrogens with zero attached hydrogens (tertiary/aromatic N) is 1. The number of aliphatic imine (C=N–C) groups is 1. The molecule has 4 heteroatoms. The summed E-state index contributed by atoms with van der Waals surface area (Å²) < 4.78 is 4.61. The summed E-state index contributed by atoms with van der Waals surface area (Å²) in [6, 6.07) is 0.105. The molecule has 4 nitrogen and oxygen atoms in total. The van der Waals surface area contributed by atoms with Crippen molar-refractivity contribution in [3.8, 4) is 0 Å². The molecule has 0 saturated heterocycles. The second-order valence-corrected chi connectivity index (χ2v) is 4.03. The topological polar surface area (TPSA) is 58.9 Å². The average Bonchev–Trinajstić information content (AvgIpc) is 2.25. The summed E-state index contributed by atoms with van der Waals surface area (Å²) in [5.41, 5.74) is 0.812. The Morgan fingerprint density at radius 1 is 1.62 bits per heavy atom. The van der Waals surface area contributed by atoms with Gasteiger partial charge >= 0.3 is 5.97 Å². The third-order valence-electron chi connectivity index (χ3n) is 2.74. The second-order valence-electron chi connectivity index (χ2n) is 4.03. The molecule has 1 unspecified atom stereocenters. The molecule has 0 spiro atoms. The van der Waals surface area contributed by atoms with E-state index in [-0.39, 0.29) is 17.4 Å². The fourth-order valence-corrected chi connectivity index (χ4v) is 1.89. The standard InChI is InChI=1S/C12H19NO3/c1-4-5-6-9-7-10(14)11(8(2)13-9)12(15)16-3/h9,14H,4-7H2,1-3H3. The van der Waals surface area contributed by atoms with Crippen molar-refractivity contribution in [3.63, 3.8) is 0 Å². The van der Waals surface area contributed by atoms with Gasteiger partial charge in [0.1, 0.15) is 11.3 Å². The van der Waals surface area contributed by atoms with Gasteiger partial charge in [-0.05, 0) is 13.3 Å². The lowest BCUT2D eigenvalue weighted by molar-refractivity contribution is -0.135. The minimum absolute atomic E-state index is 0.105. The van der Waals surface area contributed by atoms with Crippen molar-refractivity contribution < 1.29 is 14.6 Å². The van der Waals surface area contributed by atoms with Gasteiger partial charge in [-0.15, -0.1) is 0 Å². The number of esters is 1. The molecular weight excluding hydrogens is 206 g/mol. The summed E-state index contributed by atoms with van der Waals surface area (Å²) in [7, 11) is 1.30. The maximum atomic E-state index is 11.4. The molecule has 0 aromatic heterocycles. The average molecular weight is 225 g/mol. The molecule has 0 radical (unpaired) electrons. The molecule has 1 N–H and O–H groups in total. The number of carbonyl (C=O) groups is 1. The number of aliphatic hydroxyl groups excluding tert-OH is 1. The van der Waals surface area contributed by atoms with Gasteiger partial charge in [0.2, 0.25) is 0 Å². The molecule has 1 aliphatic heterocycles. The maximum absolute atomic E-state index is 11.4. The maximum Gasteiger partial charge on any atom is 0.343 e. The minimum Gasteiger partial charge on any atom is -0.511 e. The van der Waals surface area contributed by atoms with Crippen LogP contribution in [0.3, 0.4) is 0 Å². The van der Waals surface area contributed by atoms with Crippen molar-refractivity contribution >= 4 is 11.7 Å². The third-order valence-corrected chi connectivity index (χ3v) is 2.74. The zero-order valence-corrected chi connectivity index (χ0v) is 10.1. The normalized spacial score (nSPS) is 20.7. The number of ether oxygens (including phenoxy) is 1. The number of methoxy groups -OCH3 is 1. The highest BCUT2D eigenvalue weighted by Gasteiger charge is 2.26. The fraction of sp³-hybridized carbons (Fsp3) is 0.667. The summed E-state index contributed by atoms with van der Waals surface area (Å²) in [6.45, 7) is 3.86. The molecule has 1 aliphatic rings.